The Morgan fingerprint density at radius 2 is 1.79 bits per heavy atom. The zero-order chi connectivity index (χ0) is 29.1. The van der Waals surface area contributed by atoms with Gasteiger partial charge in [-0.25, -0.2) is 18.7 Å². The van der Waals surface area contributed by atoms with Crippen LogP contribution in [0.25, 0.3) is 22.4 Å². The maximum atomic E-state index is 15.0. The van der Waals surface area contributed by atoms with Crippen molar-refractivity contribution < 1.29 is 18.3 Å². The van der Waals surface area contributed by atoms with E-state index in [1.54, 1.807) is 24.0 Å². The fourth-order valence-corrected chi connectivity index (χ4v) is 5.03. The zero-order valence-electron chi connectivity index (χ0n) is 23.5. The van der Waals surface area contributed by atoms with Crippen LogP contribution in [-0.2, 0) is 17.8 Å². The molecule has 2 aromatic carbocycles. The van der Waals surface area contributed by atoms with Crippen molar-refractivity contribution in [3.63, 3.8) is 0 Å². The summed E-state index contributed by atoms with van der Waals surface area (Å²) in [6.45, 7) is 7.51. The molecule has 4 heterocycles. The summed E-state index contributed by atoms with van der Waals surface area (Å²) in [5, 5.41) is 8.99. The molecule has 42 heavy (non-hydrogen) atoms. The standard InChI is InChI=1S/C31H31F2N7O2/c1-3-42-22-15-25(32)24(26(33)16-22)19-40-28-7-5-4-6-23(28)30(38-40)31-35-21(18-39-10-12-41-13-11-39)14-29(37-31)36-27-8-9-34-17-20(27)2/h4-9,14-17H,3,10-13,18-19H2,1-2H3,(H,34,35,36,37). The van der Waals surface area contributed by atoms with Crippen LogP contribution in [0.15, 0.2) is 60.9 Å². The van der Waals surface area contributed by atoms with Crippen molar-refractivity contribution in [1.29, 1.82) is 0 Å². The average molecular weight is 572 g/mol. The van der Waals surface area contributed by atoms with Gasteiger partial charge in [0, 0.05) is 66.9 Å². The van der Waals surface area contributed by atoms with E-state index in [0.717, 1.165) is 35.4 Å². The second-order valence-electron chi connectivity index (χ2n) is 10.1. The number of anilines is 2. The Balaban J connectivity index is 1.42. The smallest absolute Gasteiger partial charge is 0.183 e. The second-order valence-corrected chi connectivity index (χ2v) is 10.1. The number of aromatic nitrogens is 5. The lowest BCUT2D eigenvalue weighted by Gasteiger charge is -2.26. The number of benzene rings is 2. The molecule has 5 aromatic rings. The molecule has 0 radical (unpaired) electrons. The highest BCUT2D eigenvalue weighted by Gasteiger charge is 2.21. The van der Waals surface area contributed by atoms with Crippen LogP contribution in [-0.4, -0.2) is 62.5 Å². The molecule has 1 saturated heterocycles. The van der Waals surface area contributed by atoms with Gasteiger partial charge in [-0.1, -0.05) is 18.2 Å². The van der Waals surface area contributed by atoms with E-state index >= 15 is 8.78 Å². The van der Waals surface area contributed by atoms with Crippen LogP contribution in [0.2, 0.25) is 0 Å². The minimum Gasteiger partial charge on any atom is -0.494 e. The molecule has 216 valence electrons. The van der Waals surface area contributed by atoms with E-state index in [1.807, 2.05) is 43.3 Å². The third-order valence-electron chi connectivity index (χ3n) is 7.15. The van der Waals surface area contributed by atoms with Gasteiger partial charge in [0.2, 0.25) is 0 Å². The zero-order valence-corrected chi connectivity index (χ0v) is 23.5. The van der Waals surface area contributed by atoms with E-state index in [9.17, 15) is 0 Å². The van der Waals surface area contributed by atoms with Gasteiger partial charge >= 0.3 is 0 Å². The minimum absolute atomic E-state index is 0.101. The summed E-state index contributed by atoms with van der Waals surface area (Å²) in [6.07, 6.45) is 3.51. The lowest BCUT2D eigenvalue weighted by molar-refractivity contribution is 0.0336. The number of nitrogens with one attached hydrogen (secondary N) is 1. The molecular formula is C31H31F2N7O2. The normalized spacial score (nSPS) is 13.9. The molecule has 0 atom stereocenters. The monoisotopic (exact) mass is 571 g/mol. The number of rotatable bonds is 9. The van der Waals surface area contributed by atoms with Gasteiger partial charge in [0.15, 0.2) is 5.82 Å². The molecule has 11 heteroatoms. The number of hydrogen-bond donors (Lipinski definition) is 1. The highest BCUT2D eigenvalue weighted by atomic mass is 19.1. The third-order valence-corrected chi connectivity index (χ3v) is 7.15. The first-order chi connectivity index (χ1) is 20.5. The van der Waals surface area contributed by atoms with E-state index in [0.29, 0.717) is 49.2 Å². The van der Waals surface area contributed by atoms with Gasteiger partial charge < -0.3 is 14.8 Å². The van der Waals surface area contributed by atoms with Crippen molar-refractivity contribution in [2.24, 2.45) is 0 Å². The molecule has 0 bridgehead atoms. The molecule has 1 N–H and O–H groups in total. The summed E-state index contributed by atoms with van der Waals surface area (Å²) in [5.41, 5.74) is 3.80. The molecule has 9 nitrogen and oxygen atoms in total. The van der Waals surface area contributed by atoms with E-state index in [-0.39, 0.29) is 17.9 Å². The molecule has 0 unspecified atom stereocenters. The molecule has 1 aliphatic rings. The van der Waals surface area contributed by atoms with Crippen LogP contribution >= 0.6 is 0 Å². The molecule has 3 aromatic heterocycles. The van der Waals surface area contributed by atoms with Crippen LogP contribution < -0.4 is 10.1 Å². The van der Waals surface area contributed by atoms with Gasteiger partial charge in [-0.15, -0.1) is 0 Å². The largest absolute Gasteiger partial charge is 0.494 e. The van der Waals surface area contributed by atoms with Crippen LogP contribution in [0.4, 0.5) is 20.3 Å². The summed E-state index contributed by atoms with van der Waals surface area (Å²) in [5.74, 6) is -0.209. The molecular weight excluding hydrogens is 540 g/mol. The molecule has 0 amide bonds. The van der Waals surface area contributed by atoms with Crippen LogP contribution in [0, 0.1) is 18.6 Å². The average Bonchev–Trinajstić information content (AvgIpc) is 3.35. The topological polar surface area (TPSA) is 90.2 Å². The number of fused-ring (bicyclic) bond motifs is 1. The maximum Gasteiger partial charge on any atom is 0.183 e. The predicted molar refractivity (Wildman–Crippen MR) is 156 cm³/mol. The van der Waals surface area contributed by atoms with Gasteiger partial charge in [0.25, 0.3) is 0 Å². The minimum atomic E-state index is -0.692. The highest BCUT2D eigenvalue weighted by molar-refractivity contribution is 5.92. The molecule has 1 fully saturated rings. The number of nitrogens with zero attached hydrogens (tertiary/aromatic N) is 6. The fourth-order valence-electron chi connectivity index (χ4n) is 5.03. The van der Waals surface area contributed by atoms with Crippen molar-refractivity contribution in [2.75, 3.05) is 38.2 Å². The number of hydrogen-bond acceptors (Lipinski definition) is 8. The van der Waals surface area contributed by atoms with Crippen LogP contribution in [0.3, 0.4) is 0 Å². The first kappa shape index (κ1) is 27.7. The van der Waals surface area contributed by atoms with Crippen molar-refractivity contribution in [3.8, 4) is 17.3 Å². The van der Waals surface area contributed by atoms with Crippen molar-refractivity contribution in [2.45, 2.75) is 26.9 Å². The van der Waals surface area contributed by atoms with Crippen molar-refractivity contribution in [3.05, 3.63) is 89.4 Å². The number of ether oxygens (including phenoxy) is 2. The molecule has 1 aliphatic heterocycles. The Kier molecular flexibility index (Phi) is 8.02. The Bertz CT molecular complexity index is 1700. The van der Waals surface area contributed by atoms with E-state index in [1.165, 1.54) is 12.1 Å². The maximum absolute atomic E-state index is 15.0. The third kappa shape index (κ3) is 5.93. The van der Waals surface area contributed by atoms with Gasteiger partial charge in [-0.3, -0.25) is 14.6 Å². The molecule has 0 aliphatic carbocycles. The molecule has 0 spiro atoms. The lowest BCUT2D eigenvalue weighted by Crippen LogP contribution is -2.35. The SMILES string of the molecule is CCOc1cc(F)c(Cn2nc(-c3nc(CN4CCOCC4)cc(Nc4ccncc4C)n3)c3ccccc32)c(F)c1. The van der Waals surface area contributed by atoms with Gasteiger partial charge in [0.05, 0.1) is 37.6 Å². The van der Waals surface area contributed by atoms with Gasteiger partial charge in [0.1, 0.15) is 28.9 Å². The molecule has 0 saturated carbocycles. The van der Waals surface area contributed by atoms with Crippen LogP contribution in [0.1, 0.15) is 23.7 Å². The quantitative estimate of drug-likeness (QED) is 0.248. The number of aryl methyl sites for hydroxylation is 1. The van der Waals surface area contributed by atoms with Crippen molar-refractivity contribution >= 4 is 22.4 Å². The first-order valence-corrected chi connectivity index (χ1v) is 13.9. The number of halogens is 2. The second kappa shape index (κ2) is 12.2. The summed E-state index contributed by atoms with van der Waals surface area (Å²) in [4.78, 5) is 16.2. The molecule has 6 rings (SSSR count). The summed E-state index contributed by atoms with van der Waals surface area (Å²) in [7, 11) is 0. The van der Waals surface area contributed by atoms with Gasteiger partial charge in [-0.05, 0) is 31.5 Å². The summed E-state index contributed by atoms with van der Waals surface area (Å²) in [6, 6.07) is 13.8. The van der Waals surface area contributed by atoms with E-state index in [4.69, 9.17) is 24.5 Å². The van der Waals surface area contributed by atoms with E-state index in [2.05, 4.69) is 15.2 Å². The number of para-hydroxylation sites is 1. The Hall–Kier alpha value is -4.48. The van der Waals surface area contributed by atoms with Crippen LogP contribution in [0.5, 0.6) is 5.75 Å². The number of morpholine rings is 1. The Labute approximate surface area is 242 Å². The van der Waals surface area contributed by atoms with E-state index < -0.39 is 11.6 Å². The Morgan fingerprint density at radius 3 is 2.55 bits per heavy atom. The number of pyridine rings is 1. The fraction of sp³-hybridized carbons (Fsp3) is 0.290. The van der Waals surface area contributed by atoms with Crippen molar-refractivity contribution in [1.82, 2.24) is 29.6 Å². The highest BCUT2D eigenvalue weighted by Crippen LogP contribution is 2.30. The summed E-state index contributed by atoms with van der Waals surface area (Å²) < 4.78 is 42.4. The van der Waals surface area contributed by atoms with Gasteiger partial charge in [-0.2, -0.15) is 5.10 Å². The lowest BCUT2D eigenvalue weighted by atomic mass is 10.1. The predicted octanol–water partition coefficient (Wildman–Crippen LogP) is 5.50. The Morgan fingerprint density at radius 1 is 1.00 bits per heavy atom. The first-order valence-electron chi connectivity index (χ1n) is 13.9. The summed E-state index contributed by atoms with van der Waals surface area (Å²) >= 11 is 0.